The fraction of sp³-hybridized carbons (Fsp3) is 0.133. The Hall–Kier alpha value is -2.45. The van der Waals surface area contributed by atoms with Crippen LogP contribution in [-0.2, 0) is 14.3 Å². The van der Waals surface area contributed by atoms with Gasteiger partial charge in [-0.15, -0.1) is 22.7 Å². The topological polar surface area (TPSA) is 98.5 Å². The molecule has 120 valence electrons. The van der Waals surface area contributed by atoms with Gasteiger partial charge in [0, 0.05) is 9.75 Å². The van der Waals surface area contributed by atoms with Crippen molar-refractivity contribution in [2.45, 2.75) is 13.0 Å². The van der Waals surface area contributed by atoms with Crippen molar-refractivity contribution in [2.24, 2.45) is 5.73 Å². The monoisotopic (exact) mass is 350 g/mol. The van der Waals surface area contributed by atoms with E-state index in [0.717, 1.165) is 9.75 Å². The molecule has 8 heteroatoms. The Morgan fingerprint density at radius 3 is 2.48 bits per heavy atom. The number of rotatable bonds is 5. The van der Waals surface area contributed by atoms with Crippen LogP contribution in [0.25, 0.3) is 11.6 Å². The fourth-order valence-electron chi connectivity index (χ4n) is 1.68. The largest absolute Gasteiger partial charge is 0.449 e. The predicted molar refractivity (Wildman–Crippen MR) is 89.8 cm³/mol. The number of nitrogens with two attached hydrogens (primary N) is 1. The molecule has 0 aromatic carbocycles. The van der Waals surface area contributed by atoms with Gasteiger partial charge in [0.1, 0.15) is 0 Å². The average Bonchev–Trinajstić information content (AvgIpc) is 3.17. The first-order chi connectivity index (χ1) is 11.0. The Labute approximate surface area is 140 Å². The lowest BCUT2D eigenvalue weighted by molar-refractivity contribution is -0.148. The lowest BCUT2D eigenvalue weighted by Crippen LogP contribution is -2.42. The van der Waals surface area contributed by atoms with Crippen molar-refractivity contribution in [3.8, 4) is 0 Å². The Morgan fingerprint density at radius 1 is 1.22 bits per heavy atom. The number of thiophene rings is 2. The van der Waals surface area contributed by atoms with E-state index in [1.807, 2.05) is 34.3 Å². The van der Waals surface area contributed by atoms with Gasteiger partial charge in [0.05, 0.1) is 5.57 Å². The number of nitrogens with one attached hydrogen (secondary N) is 1. The van der Waals surface area contributed by atoms with Gasteiger partial charge in [0.15, 0.2) is 6.10 Å². The van der Waals surface area contributed by atoms with Gasteiger partial charge < -0.3 is 10.5 Å². The molecule has 23 heavy (non-hydrogen) atoms. The molecule has 2 aromatic rings. The minimum Gasteiger partial charge on any atom is -0.449 e. The van der Waals surface area contributed by atoms with Crippen LogP contribution in [0.5, 0.6) is 0 Å². The zero-order chi connectivity index (χ0) is 16.8. The third-order valence-corrected chi connectivity index (χ3v) is 4.46. The second-order valence-corrected chi connectivity index (χ2v) is 6.38. The Kier molecular flexibility index (Phi) is 5.67. The van der Waals surface area contributed by atoms with E-state index in [2.05, 4.69) is 0 Å². The van der Waals surface area contributed by atoms with Crippen molar-refractivity contribution in [3.63, 3.8) is 0 Å². The third kappa shape index (κ3) is 4.76. The maximum Gasteiger partial charge on any atom is 0.340 e. The first-order valence-corrected chi connectivity index (χ1v) is 8.33. The number of carbonyl (C=O) groups is 3. The molecule has 0 fully saturated rings. The highest BCUT2D eigenvalue weighted by atomic mass is 32.1. The second kappa shape index (κ2) is 7.70. The minimum atomic E-state index is -1.14. The molecule has 0 bridgehead atoms. The summed E-state index contributed by atoms with van der Waals surface area (Å²) in [5, 5.41) is 5.61. The Bertz CT molecular complexity index is 721. The standard InChI is InChI=1S/C15H14N2O4S2/c1-9(13(18)17-15(16)20)21-14(19)11(12-5-3-7-23-12)8-10-4-2-6-22-10/h2-9H,1H3,(H3,16,17,18,20)/b11-8+/t9-/m1/s1. The lowest BCUT2D eigenvalue weighted by Gasteiger charge is -2.13. The molecule has 0 unspecified atom stereocenters. The van der Waals surface area contributed by atoms with E-state index in [1.165, 1.54) is 29.6 Å². The van der Waals surface area contributed by atoms with Crippen molar-refractivity contribution >= 4 is 52.2 Å². The quantitative estimate of drug-likeness (QED) is 0.639. The predicted octanol–water partition coefficient (Wildman–Crippen LogP) is 2.48. The molecule has 2 aromatic heterocycles. The summed E-state index contributed by atoms with van der Waals surface area (Å²) in [6, 6.07) is 6.36. The van der Waals surface area contributed by atoms with Gasteiger partial charge in [-0.05, 0) is 35.9 Å². The van der Waals surface area contributed by atoms with Crippen LogP contribution in [0.15, 0.2) is 35.0 Å². The number of ether oxygens (including phenoxy) is 1. The molecule has 3 amide bonds. The molecule has 1 atom stereocenters. The van der Waals surface area contributed by atoms with Gasteiger partial charge in [-0.1, -0.05) is 12.1 Å². The summed E-state index contributed by atoms with van der Waals surface area (Å²) in [4.78, 5) is 36.3. The number of imide groups is 1. The van der Waals surface area contributed by atoms with Crippen LogP contribution in [0.4, 0.5) is 4.79 Å². The number of esters is 1. The smallest absolute Gasteiger partial charge is 0.340 e. The van der Waals surface area contributed by atoms with E-state index < -0.39 is 24.0 Å². The zero-order valence-corrected chi connectivity index (χ0v) is 13.8. The SMILES string of the molecule is C[C@@H](OC(=O)/C(=C/c1cccs1)c1cccs1)C(=O)NC(N)=O. The lowest BCUT2D eigenvalue weighted by atomic mass is 10.2. The fourth-order valence-corrected chi connectivity index (χ4v) is 3.07. The van der Waals surface area contributed by atoms with Gasteiger partial charge in [-0.2, -0.15) is 0 Å². The van der Waals surface area contributed by atoms with E-state index in [-0.39, 0.29) is 0 Å². The van der Waals surface area contributed by atoms with Crippen LogP contribution in [0.2, 0.25) is 0 Å². The van der Waals surface area contributed by atoms with Crippen molar-refractivity contribution < 1.29 is 19.1 Å². The average molecular weight is 350 g/mol. The van der Waals surface area contributed by atoms with Crippen LogP contribution >= 0.6 is 22.7 Å². The minimum absolute atomic E-state index is 0.348. The number of carbonyl (C=O) groups excluding carboxylic acids is 3. The molecule has 0 saturated carbocycles. The molecular weight excluding hydrogens is 336 g/mol. The summed E-state index contributed by atoms with van der Waals surface area (Å²) in [6.07, 6.45) is 0.569. The highest BCUT2D eigenvalue weighted by molar-refractivity contribution is 7.12. The van der Waals surface area contributed by atoms with Crippen molar-refractivity contribution in [3.05, 3.63) is 44.8 Å². The molecule has 0 aliphatic carbocycles. The first kappa shape index (κ1) is 16.9. The second-order valence-electron chi connectivity index (χ2n) is 4.45. The molecule has 0 spiro atoms. The van der Waals surface area contributed by atoms with E-state index in [9.17, 15) is 14.4 Å². The highest BCUT2D eigenvalue weighted by Crippen LogP contribution is 2.26. The maximum absolute atomic E-state index is 12.4. The highest BCUT2D eigenvalue weighted by Gasteiger charge is 2.22. The molecule has 0 saturated heterocycles. The zero-order valence-electron chi connectivity index (χ0n) is 12.1. The van der Waals surface area contributed by atoms with Crippen LogP contribution in [0.1, 0.15) is 16.7 Å². The summed E-state index contributed by atoms with van der Waals surface area (Å²) in [5.41, 5.74) is 5.22. The summed E-state index contributed by atoms with van der Waals surface area (Å²) in [5.74, 6) is -1.42. The van der Waals surface area contributed by atoms with Crippen molar-refractivity contribution in [1.82, 2.24) is 5.32 Å². The number of hydrogen-bond donors (Lipinski definition) is 2. The van der Waals surface area contributed by atoms with E-state index in [0.29, 0.717) is 5.57 Å². The number of amides is 3. The van der Waals surface area contributed by atoms with Gasteiger partial charge in [-0.3, -0.25) is 10.1 Å². The van der Waals surface area contributed by atoms with Gasteiger partial charge in [-0.25, -0.2) is 9.59 Å². The molecule has 3 N–H and O–H groups in total. The van der Waals surface area contributed by atoms with Crippen LogP contribution in [-0.4, -0.2) is 24.0 Å². The number of primary amides is 1. The molecule has 6 nitrogen and oxygen atoms in total. The molecule has 2 heterocycles. The maximum atomic E-state index is 12.4. The van der Waals surface area contributed by atoms with Gasteiger partial charge >= 0.3 is 12.0 Å². The summed E-state index contributed by atoms with van der Waals surface area (Å²) < 4.78 is 5.13. The Morgan fingerprint density at radius 2 is 1.91 bits per heavy atom. The van der Waals surface area contributed by atoms with Crippen molar-refractivity contribution in [2.75, 3.05) is 0 Å². The number of urea groups is 1. The molecular formula is C15H14N2O4S2. The normalized spacial score (nSPS) is 12.5. The molecule has 0 radical (unpaired) electrons. The van der Waals surface area contributed by atoms with Crippen LogP contribution in [0, 0.1) is 0 Å². The van der Waals surface area contributed by atoms with Gasteiger partial charge in [0.2, 0.25) is 0 Å². The third-order valence-electron chi connectivity index (χ3n) is 2.74. The number of hydrogen-bond acceptors (Lipinski definition) is 6. The molecule has 0 aliphatic rings. The first-order valence-electron chi connectivity index (χ1n) is 6.57. The Balaban J connectivity index is 2.18. The summed E-state index contributed by atoms with van der Waals surface area (Å²) in [7, 11) is 0. The van der Waals surface area contributed by atoms with E-state index >= 15 is 0 Å². The van der Waals surface area contributed by atoms with Crippen LogP contribution < -0.4 is 11.1 Å². The molecule has 2 rings (SSSR count). The van der Waals surface area contributed by atoms with Crippen molar-refractivity contribution in [1.29, 1.82) is 0 Å². The van der Waals surface area contributed by atoms with Crippen LogP contribution in [0.3, 0.4) is 0 Å². The molecule has 0 aliphatic heterocycles. The summed E-state index contributed by atoms with van der Waals surface area (Å²) in [6.45, 7) is 1.37. The summed E-state index contributed by atoms with van der Waals surface area (Å²) >= 11 is 2.87. The van der Waals surface area contributed by atoms with Gasteiger partial charge in [0.25, 0.3) is 5.91 Å². The van der Waals surface area contributed by atoms with E-state index in [1.54, 1.807) is 12.1 Å². The van der Waals surface area contributed by atoms with E-state index in [4.69, 9.17) is 10.5 Å².